The summed E-state index contributed by atoms with van der Waals surface area (Å²) in [6.45, 7) is 4.06. The van der Waals surface area contributed by atoms with Crippen LogP contribution in [0.2, 0.25) is 0 Å². The van der Waals surface area contributed by atoms with Crippen LogP contribution in [-0.4, -0.2) is 23.2 Å². The third-order valence-electron chi connectivity index (χ3n) is 3.67. The lowest BCUT2D eigenvalue weighted by Crippen LogP contribution is -2.29. The number of aliphatic hydroxyl groups excluding tert-OH is 1. The highest BCUT2D eigenvalue weighted by Gasteiger charge is 2.15. The minimum atomic E-state index is -0.0134. The quantitative estimate of drug-likeness (QED) is 0.837. The Hall–Kier alpha value is -1.87. The topological polar surface area (TPSA) is 36.4 Å². The summed E-state index contributed by atoms with van der Waals surface area (Å²) in [7, 11) is 0. The van der Waals surface area contributed by atoms with Crippen molar-refractivity contribution in [2.45, 2.75) is 20.0 Å². The number of aliphatic hydroxyl groups is 1. The molecule has 3 rings (SSSR count). The van der Waals surface area contributed by atoms with E-state index in [1.165, 1.54) is 5.57 Å². The standard InChI is InChI=1S/C16H18N2O/c1-12-6-8-18(9-7-12)16-15-5-3-2-4-13(15)10-14(11-19)17-16/h2-6,10,19H,7-9,11H2,1H3. The zero-order valence-electron chi connectivity index (χ0n) is 11.1. The maximum Gasteiger partial charge on any atom is 0.137 e. The van der Waals surface area contributed by atoms with Crippen LogP contribution in [0.15, 0.2) is 42.0 Å². The summed E-state index contributed by atoms with van der Waals surface area (Å²) in [5, 5.41) is 11.7. The number of nitrogens with zero attached hydrogens (tertiary/aromatic N) is 2. The highest BCUT2D eigenvalue weighted by molar-refractivity contribution is 5.92. The van der Waals surface area contributed by atoms with E-state index in [9.17, 15) is 5.11 Å². The third kappa shape index (κ3) is 2.34. The molecule has 0 aliphatic carbocycles. The highest BCUT2D eigenvalue weighted by Crippen LogP contribution is 2.27. The summed E-state index contributed by atoms with van der Waals surface area (Å²) < 4.78 is 0. The summed E-state index contributed by atoms with van der Waals surface area (Å²) in [5.41, 5.74) is 2.18. The van der Waals surface area contributed by atoms with Gasteiger partial charge in [0.05, 0.1) is 12.3 Å². The van der Waals surface area contributed by atoms with E-state index in [0.717, 1.165) is 41.8 Å². The van der Waals surface area contributed by atoms with E-state index in [-0.39, 0.29) is 6.61 Å². The van der Waals surface area contributed by atoms with Gasteiger partial charge in [-0.05, 0) is 24.8 Å². The molecule has 0 spiro atoms. The SMILES string of the molecule is CC1=CCN(c2nc(CO)cc3ccccc23)CC1. The fraction of sp³-hybridized carbons (Fsp3) is 0.312. The van der Waals surface area contributed by atoms with Crippen LogP contribution in [0.1, 0.15) is 19.0 Å². The normalized spacial score (nSPS) is 15.7. The molecule has 1 N–H and O–H groups in total. The second-order valence-corrected chi connectivity index (χ2v) is 5.06. The predicted octanol–water partition coefficient (Wildman–Crippen LogP) is 2.88. The number of hydrogen-bond acceptors (Lipinski definition) is 3. The Kier molecular flexibility index (Phi) is 3.22. The van der Waals surface area contributed by atoms with Gasteiger partial charge >= 0.3 is 0 Å². The zero-order valence-corrected chi connectivity index (χ0v) is 11.1. The largest absolute Gasteiger partial charge is 0.390 e. The Labute approximate surface area is 113 Å². The minimum absolute atomic E-state index is 0.0134. The lowest BCUT2D eigenvalue weighted by Gasteiger charge is -2.28. The minimum Gasteiger partial charge on any atom is -0.390 e. The average molecular weight is 254 g/mol. The molecule has 2 aromatic rings. The summed E-state index contributed by atoms with van der Waals surface area (Å²) >= 11 is 0. The average Bonchev–Trinajstić information content (AvgIpc) is 2.47. The van der Waals surface area contributed by atoms with Crippen molar-refractivity contribution < 1.29 is 5.11 Å². The number of pyridine rings is 1. The van der Waals surface area contributed by atoms with Gasteiger partial charge in [0.2, 0.25) is 0 Å². The Morgan fingerprint density at radius 2 is 2.16 bits per heavy atom. The summed E-state index contributed by atoms with van der Waals surface area (Å²) in [4.78, 5) is 6.90. The molecule has 0 saturated heterocycles. The van der Waals surface area contributed by atoms with Gasteiger partial charge in [-0.15, -0.1) is 0 Å². The summed E-state index contributed by atoms with van der Waals surface area (Å²) in [6, 6.07) is 10.2. The van der Waals surface area contributed by atoms with E-state index < -0.39 is 0 Å². The molecule has 0 atom stereocenters. The summed E-state index contributed by atoms with van der Waals surface area (Å²) in [6.07, 6.45) is 3.34. The van der Waals surface area contributed by atoms with Crippen LogP contribution in [0.4, 0.5) is 5.82 Å². The van der Waals surface area contributed by atoms with E-state index >= 15 is 0 Å². The van der Waals surface area contributed by atoms with Crippen molar-refractivity contribution in [2.75, 3.05) is 18.0 Å². The van der Waals surface area contributed by atoms with Crippen molar-refractivity contribution in [3.8, 4) is 0 Å². The second-order valence-electron chi connectivity index (χ2n) is 5.06. The number of aromatic nitrogens is 1. The van der Waals surface area contributed by atoms with Gasteiger partial charge in [-0.25, -0.2) is 4.98 Å². The van der Waals surface area contributed by atoms with Gasteiger partial charge in [0.25, 0.3) is 0 Å². The molecular weight excluding hydrogens is 236 g/mol. The van der Waals surface area contributed by atoms with Crippen LogP contribution >= 0.6 is 0 Å². The molecule has 0 radical (unpaired) electrons. The summed E-state index contributed by atoms with van der Waals surface area (Å²) in [5.74, 6) is 0.992. The number of anilines is 1. The van der Waals surface area contributed by atoms with Crippen molar-refractivity contribution in [3.63, 3.8) is 0 Å². The number of rotatable bonds is 2. The lowest BCUT2D eigenvalue weighted by atomic mass is 10.1. The van der Waals surface area contributed by atoms with Crippen LogP contribution in [0, 0.1) is 0 Å². The van der Waals surface area contributed by atoms with E-state index in [2.05, 4.69) is 35.0 Å². The van der Waals surface area contributed by atoms with Crippen LogP contribution in [0.5, 0.6) is 0 Å². The molecule has 2 heterocycles. The Morgan fingerprint density at radius 1 is 1.32 bits per heavy atom. The van der Waals surface area contributed by atoms with Crippen molar-refractivity contribution in [1.82, 2.24) is 4.98 Å². The first-order chi connectivity index (χ1) is 9.28. The van der Waals surface area contributed by atoms with Gasteiger partial charge in [0.1, 0.15) is 5.82 Å². The van der Waals surface area contributed by atoms with Crippen LogP contribution in [0.25, 0.3) is 10.8 Å². The molecule has 98 valence electrons. The van der Waals surface area contributed by atoms with E-state index in [0.29, 0.717) is 0 Å². The fourth-order valence-corrected chi connectivity index (χ4v) is 2.52. The van der Waals surface area contributed by atoms with Crippen LogP contribution in [0.3, 0.4) is 0 Å². The maximum absolute atomic E-state index is 9.37. The van der Waals surface area contributed by atoms with Crippen LogP contribution in [-0.2, 0) is 6.61 Å². The van der Waals surface area contributed by atoms with Gasteiger partial charge in [0, 0.05) is 18.5 Å². The number of hydrogen-bond donors (Lipinski definition) is 1. The third-order valence-corrected chi connectivity index (χ3v) is 3.67. The van der Waals surface area contributed by atoms with E-state index in [1.807, 2.05) is 18.2 Å². The van der Waals surface area contributed by atoms with Crippen molar-refractivity contribution in [2.24, 2.45) is 0 Å². The van der Waals surface area contributed by atoms with E-state index in [4.69, 9.17) is 0 Å². The van der Waals surface area contributed by atoms with Gasteiger partial charge < -0.3 is 10.0 Å². The molecule has 0 fully saturated rings. The van der Waals surface area contributed by atoms with Gasteiger partial charge in [-0.3, -0.25) is 0 Å². The molecular formula is C16H18N2O. The molecule has 1 aromatic heterocycles. The molecule has 3 nitrogen and oxygen atoms in total. The molecule has 1 aliphatic heterocycles. The Morgan fingerprint density at radius 3 is 2.89 bits per heavy atom. The first-order valence-corrected chi connectivity index (χ1v) is 6.68. The van der Waals surface area contributed by atoms with Crippen LogP contribution < -0.4 is 4.90 Å². The molecule has 3 heteroatoms. The van der Waals surface area contributed by atoms with Crippen molar-refractivity contribution in [1.29, 1.82) is 0 Å². The van der Waals surface area contributed by atoms with Gasteiger partial charge in [0.15, 0.2) is 0 Å². The number of benzene rings is 1. The van der Waals surface area contributed by atoms with Gasteiger partial charge in [-0.2, -0.15) is 0 Å². The smallest absolute Gasteiger partial charge is 0.137 e. The van der Waals surface area contributed by atoms with Gasteiger partial charge in [-0.1, -0.05) is 35.9 Å². The first-order valence-electron chi connectivity index (χ1n) is 6.68. The number of fused-ring (bicyclic) bond motifs is 1. The second kappa shape index (κ2) is 5.02. The maximum atomic E-state index is 9.37. The molecule has 0 bridgehead atoms. The van der Waals surface area contributed by atoms with Crippen molar-refractivity contribution >= 4 is 16.6 Å². The molecule has 0 saturated carbocycles. The fourth-order valence-electron chi connectivity index (χ4n) is 2.52. The Balaban J connectivity index is 2.11. The lowest BCUT2D eigenvalue weighted by molar-refractivity contribution is 0.277. The zero-order chi connectivity index (χ0) is 13.2. The monoisotopic (exact) mass is 254 g/mol. The molecule has 1 aliphatic rings. The van der Waals surface area contributed by atoms with E-state index in [1.54, 1.807) is 0 Å². The molecule has 19 heavy (non-hydrogen) atoms. The first kappa shape index (κ1) is 12.2. The molecule has 1 aromatic carbocycles. The molecule has 0 amide bonds. The molecule has 0 unspecified atom stereocenters. The Bertz CT molecular complexity index is 634. The predicted molar refractivity (Wildman–Crippen MR) is 78.3 cm³/mol. The van der Waals surface area contributed by atoms with Crippen molar-refractivity contribution in [3.05, 3.63) is 47.7 Å². The highest BCUT2D eigenvalue weighted by atomic mass is 16.3.